The highest BCUT2D eigenvalue weighted by Crippen LogP contribution is 2.24. The molecule has 0 spiro atoms. The Hall–Kier alpha value is -2.47. The quantitative estimate of drug-likeness (QED) is 0.747. The van der Waals surface area contributed by atoms with Crippen molar-refractivity contribution in [3.8, 4) is 0 Å². The Morgan fingerprint density at radius 3 is 2.42 bits per heavy atom. The molecule has 0 unspecified atom stereocenters. The second-order valence-corrected chi connectivity index (χ2v) is 7.63. The van der Waals surface area contributed by atoms with Crippen LogP contribution < -0.4 is 10.6 Å². The van der Waals surface area contributed by atoms with Crippen molar-refractivity contribution >= 4 is 17.5 Å². The molecule has 0 saturated carbocycles. The fourth-order valence-corrected chi connectivity index (χ4v) is 2.42. The molecule has 0 fully saturated rings. The summed E-state index contributed by atoms with van der Waals surface area (Å²) in [7, 11) is 4.02. The Bertz CT molecular complexity index is 720. The van der Waals surface area contributed by atoms with Gasteiger partial charge >= 0.3 is 0 Å². The maximum atomic E-state index is 12.2. The van der Waals surface area contributed by atoms with Crippen LogP contribution >= 0.6 is 0 Å². The van der Waals surface area contributed by atoms with Crippen molar-refractivity contribution in [2.24, 2.45) is 0 Å². The Morgan fingerprint density at radius 2 is 1.81 bits per heavy atom. The van der Waals surface area contributed by atoms with Crippen molar-refractivity contribution in [3.05, 3.63) is 47.8 Å². The van der Waals surface area contributed by atoms with Crippen LogP contribution in [0.1, 0.15) is 43.2 Å². The van der Waals surface area contributed by atoms with Gasteiger partial charge < -0.3 is 15.5 Å². The van der Waals surface area contributed by atoms with E-state index in [1.807, 2.05) is 26.2 Å². The van der Waals surface area contributed by atoms with E-state index in [4.69, 9.17) is 0 Å². The van der Waals surface area contributed by atoms with E-state index in [1.54, 1.807) is 12.3 Å². The topological polar surface area (TPSA) is 70.2 Å². The first-order chi connectivity index (χ1) is 12.3. The molecule has 2 N–H and O–H groups in total. The second-order valence-electron chi connectivity index (χ2n) is 7.63. The maximum absolute atomic E-state index is 12.2. The first kappa shape index (κ1) is 19.8. The van der Waals surface area contributed by atoms with Crippen molar-refractivity contribution in [2.75, 3.05) is 32.5 Å². The summed E-state index contributed by atoms with van der Waals surface area (Å²) in [5.41, 5.74) is 2.62. The van der Waals surface area contributed by atoms with Crippen molar-refractivity contribution in [2.45, 2.75) is 32.6 Å². The van der Waals surface area contributed by atoms with Crippen LogP contribution in [0.4, 0.5) is 11.6 Å². The van der Waals surface area contributed by atoms with Gasteiger partial charge in [-0.15, -0.1) is 0 Å². The van der Waals surface area contributed by atoms with Gasteiger partial charge in [-0.3, -0.25) is 4.79 Å². The molecule has 2 rings (SSSR count). The van der Waals surface area contributed by atoms with E-state index >= 15 is 0 Å². The highest BCUT2D eigenvalue weighted by Gasteiger charge is 2.13. The van der Waals surface area contributed by atoms with Crippen LogP contribution in [-0.4, -0.2) is 48.0 Å². The molecule has 6 heteroatoms. The zero-order chi connectivity index (χ0) is 19.2. The minimum absolute atomic E-state index is 0.111. The summed E-state index contributed by atoms with van der Waals surface area (Å²) in [6, 6.07) is 9.79. The molecule has 1 heterocycles. The molecule has 26 heavy (non-hydrogen) atoms. The minimum Gasteiger partial charge on any atom is -0.351 e. The number of carbonyl (C=O) groups is 1. The molecule has 0 bridgehead atoms. The van der Waals surface area contributed by atoms with Crippen molar-refractivity contribution in [1.29, 1.82) is 0 Å². The lowest BCUT2D eigenvalue weighted by Crippen LogP contribution is -2.28. The summed E-state index contributed by atoms with van der Waals surface area (Å²) in [4.78, 5) is 22.8. The predicted octanol–water partition coefficient (Wildman–Crippen LogP) is 3.20. The molecule has 1 amide bonds. The molecular formula is C20H29N5O. The Labute approximate surface area is 156 Å². The SMILES string of the molecule is CN(C)CCCNC(=O)c1ccnc(Nc2ccc(C(C)(C)C)cc2)n1. The highest BCUT2D eigenvalue weighted by atomic mass is 16.1. The molecule has 0 aliphatic heterocycles. The third kappa shape index (κ3) is 6.11. The van der Waals surface area contributed by atoms with Gasteiger partial charge in [0, 0.05) is 18.4 Å². The smallest absolute Gasteiger partial charge is 0.270 e. The molecule has 1 aromatic heterocycles. The summed E-state index contributed by atoms with van der Waals surface area (Å²) in [6.45, 7) is 8.09. The lowest BCUT2D eigenvalue weighted by molar-refractivity contribution is 0.0947. The van der Waals surface area contributed by atoms with Gasteiger partial charge in [0.15, 0.2) is 0 Å². The highest BCUT2D eigenvalue weighted by molar-refractivity contribution is 5.92. The molecule has 2 aromatic rings. The number of anilines is 2. The Balaban J connectivity index is 1.97. The van der Waals surface area contributed by atoms with Gasteiger partial charge in [0.1, 0.15) is 5.69 Å². The third-order valence-corrected chi connectivity index (χ3v) is 3.96. The van der Waals surface area contributed by atoms with Crippen LogP contribution in [0.25, 0.3) is 0 Å². The second kappa shape index (κ2) is 8.76. The summed E-state index contributed by atoms with van der Waals surface area (Å²) < 4.78 is 0. The largest absolute Gasteiger partial charge is 0.351 e. The van der Waals surface area contributed by atoms with Gasteiger partial charge in [-0.2, -0.15) is 0 Å². The van der Waals surface area contributed by atoms with Crippen LogP contribution in [0.3, 0.4) is 0 Å². The fraction of sp³-hybridized carbons (Fsp3) is 0.450. The van der Waals surface area contributed by atoms with E-state index < -0.39 is 0 Å². The number of carbonyl (C=O) groups excluding carboxylic acids is 1. The van der Waals surface area contributed by atoms with Gasteiger partial charge in [0.25, 0.3) is 5.91 Å². The molecule has 6 nitrogen and oxygen atoms in total. The Morgan fingerprint density at radius 1 is 1.12 bits per heavy atom. The first-order valence-corrected chi connectivity index (χ1v) is 8.89. The van der Waals surface area contributed by atoms with E-state index in [9.17, 15) is 4.79 Å². The number of benzene rings is 1. The average molecular weight is 355 g/mol. The van der Waals surface area contributed by atoms with Crippen LogP contribution in [-0.2, 0) is 5.41 Å². The van der Waals surface area contributed by atoms with Gasteiger partial charge in [-0.25, -0.2) is 9.97 Å². The third-order valence-electron chi connectivity index (χ3n) is 3.96. The van der Waals surface area contributed by atoms with Crippen molar-refractivity contribution in [1.82, 2.24) is 20.2 Å². The van der Waals surface area contributed by atoms with Gasteiger partial charge in [-0.1, -0.05) is 32.9 Å². The van der Waals surface area contributed by atoms with Crippen LogP contribution in [0, 0.1) is 0 Å². The summed E-state index contributed by atoms with van der Waals surface area (Å²) in [6.07, 6.45) is 2.49. The monoisotopic (exact) mass is 355 g/mol. The zero-order valence-electron chi connectivity index (χ0n) is 16.3. The number of nitrogens with zero attached hydrogens (tertiary/aromatic N) is 3. The lowest BCUT2D eigenvalue weighted by Gasteiger charge is -2.19. The van der Waals surface area contributed by atoms with Crippen LogP contribution in [0.5, 0.6) is 0 Å². The van der Waals surface area contributed by atoms with E-state index in [0.29, 0.717) is 18.2 Å². The number of nitrogens with one attached hydrogen (secondary N) is 2. The number of amides is 1. The van der Waals surface area contributed by atoms with Crippen LogP contribution in [0.15, 0.2) is 36.5 Å². The minimum atomic E-state index is -0.183. The zero-order valence-corrected chi connectivity index (χ0v) is 16.3. The number of hydrogen-bond acceptors (Lipinski definition) is 5. The first-order valence-electron chi connectivity index (χ1n) is 8.89. The molecule has 140 valence electrons. The van der Waals surface area contributed by atoms with Gasteiger partial charge in [0.05, 0.1) is 0 Å². The summed E-state index contributed by atoms with van der Waals surface area (Å²) >= 11 is 0. The molecule has 0 radical (unpaired) electrons. The summed E-state index contributed by atoms with van der Waals surface area (Å²) in [5, 5.41) is 6.04. The fourth-order valence-electron chi connectivity index (χ4n) is 2.42. The number of aromatic nitrogens is 2. The van der Waals surface area contributed by atoms with E-state index in [0.717, 1.165) is 18.7 Å². The van der Waals surface area contributed by atoms with Gasteiger partial charge in [-0.05, 0) is 56.2 Å². The van der Waals surface area contributed by atoms with Crippen molar-refractivity contribution < 1.29 is 4.79 Å². The molecular weight excluding hydrogens is 326 g/mol. The molecule has 0 atom stereocenters. The van der Waals surface area contributed by atoms with E-state index in [1.165, 1.54) is 5.56 Å². The molecule has 0 aliphatic carbocycles. The normalized spacial score (nSPS) is 11.5. The lowest BCUT2D eigenvalue weighted by atomic mass is 9.87. The maximum Gasteiger partial charge on any atom is 0.270 e. The summed E-state index contributed by atoms with van der Waals surface area (Å²) in [5.74, 6) is 0.228. The van der Waals surface area contributed by atoms with Crippen LogP contribution in [0.2, 0.25) is 0 Å². The average Bonchev–Trinajstić information content (AvgIpc) is 2.58. The predicted molar refractivity (Wildman–Crippen MR) is 106 cm³/mol. The van der Waals surface area contributed by atoms with Crippen molar-refractivity contribution in [3.63, 3.8) is 0 Å². The van der Waals surface area contributed by atoms with E-state index in [-0.39, 0.29) is 11.3 Å². The Kier molecular flexibility index (Phi) is 6.69. The molecule has 0 aliphatic rings. The standard InChI is InChI=1S/C20H29N5O/c1-20(2,3)15-7-9-16(10-8-15)23-19-22-13-11-17(24-19)18(26)21-12-6-14-25(4)5/h7-11,13H,6,12,14H2,1-5H3,(H,21,26)(H,22,23,24). The van der Waals surface area contributed by atoms with Gasteiger partial charge in [0.2, 0.25) is 5.95 Å². The molecule has 1 aromatic carbocycles. The molecule has 0 saturated heterocycles. The number of rotatable bonds is 7. The number of hydrogen-bond donors (Lipinski definition) is 2. The van der Waals surface area contributed by atoms with E-state index in [2.05, 4.69) is 58.4 Å².